The molecule has 8 nitrogen and oxygen atoms in total. The van der Waals surface area contributed by atoms with Crippen LogP contribution in [0.5, 0.6) is 11.8 Å². The molecule has 0 amide bonds. The van der Waals surface area contributed by atoms with Crippen molar-refractivity contribution in [3.8, 4) is 35.4 Å². The molecule has 8 rings (SSSR count). The fraction of sp³-hybridized carbons (Fsp3) is 0.343. The van der Waals surface area contributed by atoms with E-state index in [1.54, 1.807) is 24.4 Å². The largest absolute Gasteiger partial charge is 0.508 e. The first-order chi connectivity index (χ1) is 21.7. The van der Waals surface area contributed by atoms with E-state index in [-0.39, 0.29) is 28.5 Å². The number of halogens is 2. The quantitative estimate of drug-likeness (QED) is 0.220. The van der Waals surface area contributed by atoms with Gasteiger partial charge in [-0.2, -0.15) is 9.97 Å². The Balaban J connectivity index is 1.28. The number of hydrogen-bond acceptors (Lipinski definition) is 8. The maximum atomic E-state index is 16.9. The molecular weight excluding hydrogens is 591 g/mol. The van der Waals surface area contributed by atoms with Crippen molar-refractivity contribution in [2.24, 2.45) is 0 Å². The fourth-order valence-corrected chi connectivity index (χ4v) is 8.10. The normalized spacial score (nSPS) is 22.4. The maximum Gasteiger partial charge on any atom is 0.319 e. The van der Waals surface area contributed by atoms with Crippen molar-refractivity contribution in [1.29, 1.82) is 0 Å². The maximum absolute atomic E-state index is 16.9. The SMILES string of the molecule is C#Cc1c(Cl)ccc2cc(O)cc(-c3ncc4c(N5C[C@H]6CC[C@@H](C5)N6)nc(OCC56CC(=C)CN5CC(=C)C6)nc4c3F)c12. The van der Waals surface area contributed by atoms with E-state index in [2.05, 4.69) is 44.2 Å². The lowest BCUT2D eigenvalue weighted by molar-refractivity contribution is 0.108. The summed E-state index contributed by atoms with van der Waals surface area (Å²) < 4.78 is 23.2. The van der Waals surface area contributed by atoms with E-state index in [0.29, 0.717) is 56.8 Å². The van der Waals surface area contributed by atoms with Gasteiger partial charge in [-0.25, -0.2) is 4.39 Å². The van der Waals surface area contributed by atoms with Crippen LogP contribution in [0.1, 0.15) is 31.2 Å². The van der Waals surface area contributed by atoms with Gasteiger partial charge in [0.2, 0.25) is 0 Å². The average molecular weight is 623 g/mol. The minimum absolute atomic E-state index is 0.00194. The van der Waals surface area contributed by atoms with E-state index in [1.165, 1.54) is 6.07 Å². The van der Waals surface area contributed by atoms with Crippen molar-refractivity contribution in [3.05, 3.63) is 71.2 Å². The highest BCUT2D eigenvalue weighted by Gasteiger charge is 2.48. The predicted molar refractivity (Wildman–Crippen MR) is 174 cm³/mol. The van der Waals surface area contributed by atoms with Crippen molar-refractivity contribution in [3.63, 3.8) is 0 Å². The summed E-state index contributed by atoms with van der Waals surface area (Å²) in [6.07, 6.45) is 11.2. The molecule has 2 aromatic carbocycles. The Morgan fingerprint density at radius 3 is 2.58 bits per heavy atom. The molecule has 10 heteroatoms. The van der Waals surface area contributed by atoms with Crippen molar-refractivity contribution >= 4 is 39.1 Å². The molecule has 2 aromatic heterocycles. The molecule has 0 unspecified atom stereocenters. The number of nitrogens with one attached hydrogen (secondary N) is 1. The fourth-order valence-electron chi connectivity index (χ4n) is 7.89. The highest BCUT2D eigenvalue weighted by atomic mass is 35.5. The third kappa shape index (κ3) is 4.62. The number of nitrogens with zero attached hydrogens (tertiary/aromatic N) is 5. The monoisotopic (exact) mass is 622 g/mol. The van der Waals surface area contributed by atoms with Gasteiger partial charge in [0.15, 0.2) is 5.82 Å². The van der Waals surface area contributed by atoms with Gasteiger partial charge in [0.25, 0.3) is 0 Å². The molecule has 45 heavy (non-hydrogen) atoms. The highest BCUT2D eigenvalue weighted by molar-refractivity contribution is 6.33. The van der Waals surface area contributed by atoms with E-state index in [9.17, 15) is 5.11 Å². The number of benzene rings is 2. The minimum atomic E-state index is -0.655. The van der Waals surface area contributed by atoms with Crippen LogP contribution in [0.15, 0.2) is 54.8 Å². The van der Waals surface area contributed by atoms with Crippen LogP contribution in [0.2, 0.25) is 5.02 Å². The van der Waals surface area contributed by atoms with Crippen molar-refractivity contribution < 1.29 is 14.2 Å². The molecule has 0 saturated carbocycles. The summed E-state index contributed by atoms with van der Waals surface area (Å²) in [4.78, 5) is 18.7. The summed E-state index contributed by atoms with van der Waals surface area (Å²) in [7, 11) is 0. The van der Waals surface area contributed by atoms with Crippen molar-refractivity contribution in [1.82, 2.24) is 25.2 Å². The number of fused-ring (bicyclic) bond motifs is 5. The van der Waals surface area contributed by atoms with Crippen LogP contribution in [0.3, 0.4) is 0 Å². The van der Waals surface area contributed by atoms with Gasteiger partial charge in [-0.1, -0.05) is 47.9 Å². The summed E-state index contributed by atoms with van der Waals surface area (Å²) in [6, 6.07) is 7.21. The topological polar surface area (TPSA) is 86.6 Å². The Labute approximate surface area is 265 Å². The number of terminal acetylenes is 1. The Kier molecular flexibility index (Phi) is 6.54. The number of rotatable bonds is 5. The van der Waals surface area contributed by atoms with Crippen LogP contribution >= 0.6 is 11.6 Å². The van der Waals surface area contributed by atoms with Crippen LogP contribution in [-0.4, -0.2) is 75.4 Å². The lowest BCUT2D eigenvalue weighted by Crippen LogP contribution is -2.51. The zero-order valence-electron chi connectivity index (χ0n) is 24.7. The molecule has 2 bridgehead atoms. The molecule has 228 valence electrons. The minimum Gasteiger partial charge on any atom is -0.508 e. The molecular formula is C35H32ClFN6O2. The highest BCUT2D eigenvalue weighted by Crippen LogP contribution is 2.44. The Morgan fingerprint density at radius 2 is 1.87 bits per heavy atom. The lowest BCUT2D eigenvalue weighted by Gasteiger charge is -2.34. The third-order valence-electron chi connectivity index (χ3n) is 9.74. The van der Waals surface area contributed by atoms with Gasteiger partial charge in [0.1, 0.15) is 29.4 Å². The zero-order chi connectivity index (χ0) is 31.0. The first-order valence-corrected chi connectivity index (χ1v) is 15.6. The van der Waals surface area contributed by atoms with Gasteiger partial charge < -0.3 is 20.1 Å². The van der Waals surface area contributed by atoms with E-state index in [1.807, 2.05) is 0 Å². The summed E-state index contributed by atoms with van der Waals surface area (Å²) >= 11 is 6.46. The van der Waals surface area contributed by atoms with E-state index in [4.69, 9.17) is 27.7 Å². The van der Waals surface area contributed by atoms with Crippen LogP contribution in [0.4, 0.5) is 10.2 Å². The third-order valence-corrected chi connectivity index (χ3v) is 10.1. The molecule has 6 heterocycles. The second-order valence-corrected chi connectivity index (χ2v) is 13.3. The Hall–Kier alpha value is -4.23. The van der Waals surface area contributed by atoms with Gasteiger partial charge in [0.05, 0.1) is 21.5 Å². The number of pyridine rings is 1. The summed E-state index contributed by atoms with van der Waals surface area (Å²) in [6.45, 7) is 11.9. The molecule has 0 aliphatic carbocycles. The molecule has 2 atom stereocenters. The molecule has 4 fully saturated rings. The van der Waals surface area contributed by atoms with Gasteiger partial charge in [-0.15, -0.1) is 6.42 Å². The number of phenolic OH excluding ortho intramolecular Hbond substituents is 1. The summed E-state index contributed by atoms with van der Waals surface area (Å²) in [5.74, 6) is 2.52. The van der Waals surface area contributed by atoms with Gasteiger partial charge in [-0.05, 0) is 49.3 Å². The standard InChI is InChI=1S/C35H32ClFN6O2/c1-4-25-28(36)8-5-21-9-24(44)10-26(29(21)25)31-30(37)32-27(13-38-31)33(42-16-22-6-7-23(17-42)39-22)41-34(40-32)45-18-35-11-19(2)14-43(35)15-20(3)12-35/h1,5,8-10,13,22-23,39,44H,2-3,6-7,11-12,14-18H2/t22-,23+. The van der Waals surface area contributed by atoms with Crippen molar-refractivity contribution in [2.75, 3.05) is 37.7 Å². The number of anilines is 1. The number of aromatic nitrogens is 3. The smallest absolute Gasteiger partial charge is 0.319 e. The lowest BCUT2D eigenvalue weighted by atomic mass is 9.92. The summed E-state index contributed by atoms with van der Waals surface area (Å²) in [5.41, 5.74) is 2.88. The Morgan fingerprint density at radius 1 is 1.13 bits per heavy atom. The molecule has 4 aromatic rings. The van der Waals surface area contributed by atoms with Crippen LogP contribution < -0.4 is 15.0 Å². The molecule has 0 spiro atoms. The number of phenols is 1. The Bertz CT molecular complexity index is 1960. The van der Waals surface area contributed by atoms with Gasteiger partial charge in [0, 0.05) is 55.4 Å². The van der Waals surface area contributed by atoms with Crippen LogP contribution in [0.25, 0.3) is 32.9 Å². The molecule has 4 aliphatic rings. The molecule has 2 N–H and O–H groups in total. The van der Waals surface area contributed by atoms with Gasteiger partial charge in [-0.3, -0.25) is 9.88 Å². The number of aromatic hydroxyl groups is 1. The first-order valence-electron chi connectivity index (χ1n) is 15.2. The van der Waals surface area contributed by atoms with E-state index >= 15 is 4.39 Å². The second-order valence-electron chi connectivity index (χ2n) is 12.9. The van der Waals surface area contributed by atoms with Crippen molar-refractivity contribution in [2.45, 2.75) is 43.3 Å². The zero-order valence-corrected chi connectivity index (χ0v) is 25.5. The van der Waals surface area contributed by atoms with E-state index < -0.39 is 5.82 Å². The van der Waals surface area contributed by atoms with Crippen LogP contribution in [-0.2, 0) is 0 Å². The summed E-state index contributed by atoms with van der Waals surface area (Å²) in [5, 5.41) is 16.2. The molecule has 0 radical (unpaired) electrons. The number of hydrogen-bond donors (Lipinski definition) is 2. The number of piperazine rings is 1. The average Bonchev–Trinajstić information content (AvgIpc) is 3.62. The molecule has 4 aliphatic heterocycles. The molecule has 4 saturated heterocycles. The number of ether oxygens (including phenoxy) is 1. The van der Waals surface area contributed by atoms with Crippen LogP contribution in [0, 0.1) is 18.2 Å². The van der Waals surface area contributed by atoms with Gasteiger partial charge >= 0.3 is 6.01 Å². The second kappa shape index (κ2) is 10.4. The first kappa shape index (κ1) is 28.3. The van der Waals surface area contributed by atoms with E-state index in [0.717, 1.165) is 63.0 Å². The predicted octanol–water partition coefficient (Wildman–Crippen LogP) is 5.60.